The van der Waals surface area contributed by atoms with E-state index in [9.17, 15) is 24.0 Å². The van der Waals surface area contributed by atoms with Gasteiger partial charge < -0.3 is 20.7 Å². The number of benzene rings is 1. The van der Waals surface area contributed by atoms with Gasteiger partial charge in [-0.25, -0.2) is 5.01 Å². The highest BCUT2D eigenvalue weighted by atomic mass is 16.6. The summed E-state index contributed by atoms with van der Waals surface area (Å²) in [6.45, 7) is 16.8. The number of esters is 1. The Morgan fingerprint density at radius 2 is 1.41 bits per heavy atom. The minimum absolute atomic E-state index is 0.145. The average Bonchev–Trinajstić information content (AvgIpc) is 3.01. The van der Waals surface area contributed by atoms with Crippen LogP contribution in [0.4, 0.5) is 0 Å². The molecule has 0 saturated carbocycles. The molecule has 0 unspecified atom stereocenters. The van der Waals surface area contributed by atoms with E-state index in [2.05, 4.69) is 28.3 Å². The summed E-state index contributed by atoms with van der Waals surface area (Å²) in [6, 6.07) is 8.60. The summed E-state index contributed by atoms with van der Waals surface area (Å²) in [7, 11) is 0. The summed E-state index contributed by atoms with van der Waals surface area (Å²) in [6.07, 6.45) is 8.50. The second kappa shape index (κ2) is 23.0. The van der Waals surface area contributed by atoms with Crippen LogP contribution in [0.15, 0.2) is 30.3 Å². The molecular formula is C38H65N5O6. The third-order valence-electron chi connectivity index (χ3n) is 8.33. The standard InChI is InChI=1S/C38H65N5O6/c1-10-11-12-13-14-15-19-22-34(46)49-38(29(6)7,41-31(9)45)37(48)40-33(24-23-32-20-17-16-18-21-32)26-43(25-27(2)3)42-36(47)35(28(4)5)39-30(8)44/h16-18,20-21,27-29,33,35H,10-15,19,22-26H2,1-9H3,(H,39,44)(H,40,48)(H,41,45)(H,42,47)/t33-,35-,38+/m0/s1. The van der Waals surface area contributed by atoms with Crippen molar-refractivity contribution in [1.82, 2.24) is 26.4 Å². The number of nitrogens with zero attached hydrogens (tertiary/aromatic N) is 1. The third kappa shape index (κ3) is 17.2. The van der Waals surface area contributed by atoms with Crippen LogP contribution in [0.1, 0.15) is 126 Å². The zero-order chi connectivity index (χ0) is 37.0. The fraction of sp³-hybridized carbons (Fsp3) is 0.711. The van der Waals surface area contributed by atoms with Gasteiger partial charge in [0.15, 0.2) is 0 Å². The number of hydrogen-bond acceptors (Lipinski definition) is 7. The number of unbranched alkanes of at least 4 members (excludes halogenated alkanes) is 6. The minimum Gasteiger partial charge on any atom is -0.429 e. The second-order valence-electron chi connectivity index (χ2n) is 14.3. The summed E-state index contributed by atoms with van der Waals surface area (Å²) < 4.78 is 5.90. The molecule has 0 spiro atoms. The van der Waals surface area contributed by atoms with Gasteiger partial charge in [-0.15, -0.1) is 0 Å². The number of nitrogens with one attached hydrogen (secondary N) is 4. The second-order valence-corrected chi connectivity index (χ2v) is 14.3. The lowest BCUT2D eigenvalue weighted by molar-refractivity contribution is -0.181. The summed E-state index contributed by atoms with van der Waals surface area (Å²) in [5, 5.41) is 10.3. The Labute approximate surface area is 295 Å². The van der Waals surface area contributed by atoms with E-state index in [-0.39, 0.29) is 36.6 Å². The molecule has 1 aromatic carbocycles. The Morgan fingerprint density at radius 3 is 1.94 bits per heavy atom. The zero-order valence-corrected chi connectivity index (χ0v) is 31.7. The molecule has 0 fully saturated rings. The van der Waals surface area contributed by atoms with E-state index in [1.165, 1.54) is 33.1 Å². The average molecular weight is 688 g/mol. The van der Waals surface area contributed by atoms with Crippen molar-refractivity contribution >= 4 is 29.6 Å². The maximum atomic E-state index is 14.3. The first-order chi connectivity index (χ1) is 23.1. The van der Waals surface area contributed by atoms with E-state index in [4.69, 9.17) is 4.74 Å². The minimum atomic E-state index is -1.92. The summed E-state index contributed by atoms with van der Waals surface area (Å²) in [5.41, 5.74) is 2.13. The molecule has 278 valence electrons. The number of aryl methyl sites for hydroxylation is 1. The lowest BCUT2D eigenvalue weighted by Crippen LogP contribution is -2.66. The summed E-state index contributed by atoms with van der Waals surface area (Å²) >= 11 is 0. The Hall–Kier alpha value is -3.47. The molecule has 0 radical (unpaired) electrons. The Kier molecular flexibility index (Phi) is 20.5. The van der Waals surface area contributed by atoms with Gasteiger partial charge in [0, 0.05) is 45.3 Å². The maximum absolute atomic E-state index is 14.3. The molecule has 49 heavy (non-hydrogen) atoms. The molecular weight excluding hydrogens is 622 g/mol. The van der Waals surface area contributed by atoms with Crippen LogP contribution in [-0.2, 0) is 35.1 Å². The molecule has 0 saturated heterocycles. The molecule has 0 aliphatic rings. The quantitative estimate of drug-likeness (QED) is 0.0491. The van der Waals surface area contributed by atoms with Gasteiger partial charge in [-0.3, -0.25) is 29.4 Å². The summed E-state index contributed by atoms with van der Waals surface area (Å²) in [4.78, 5) is 65.2. The van der Waals surface area contributed by atoms with Crippen molar-refractivity contribution in [2.75, 3.05) is 13.1 Å². The molecule has 3 atom stereocenters. The lowest BCUT2D eigenvalue weighted by atomic mass is 9.96. The van der Waals surface area contributed by atoms with Crippen LogP contribution in [0.2, 0.25) is 0 Å². The van der Waals surface area contributed by atoms with Crippen molar-refractivity contribution in [1.29, 1.82) is 0 Å². The van der Waals surface area contributed by atoms with Crippen molar-refractivity contribution < 1.29 is 28.7 Å². The third-order valence-corrected chi connectivity index (χ3v) is 8.33. The number of amides is 4. The highest BCUT2D eigenvalue weighted by Crippen LogP contribution is 2.23. The smallest absolute Gasteiger partial charge is 0.308 e. The van der Waals surface area contributed by atoms with Crippen LogP contribution in [0, 0.1) is 17.8 Å². The SMILES string of the molecule is CCCCCCCCCC(=O)O[C@@](NC(C)=O)(C(=O)N[C@@H](CCc1ccccc1)CN(CC(C)C)NC(=O)[C@@H](NC(C)=O)C(C)C)C(C)C. The van der Waals surface area contributed by atoms with Gasteiger partial charge in [0.25, 0.3) is 17.5 Å². The molecule has 0 heterocycles. The van der Waals surface area contributed by atoms with Crippen molar-refractivity contribution in [3.63, 3.8) is 0 Å². The molecule has 1 aromatic rings. The van der Waals surface area contributed by atoms with Crippen molar-refractivity contribution in [2.45, 2.75) is 144 Å². The lowest BCUT2D eigenvalue weighted by Gasteiger charge is -2.38. The van der Waals surface area contributed by atoms with Crippen LogP contribution in [0.3, 0.4) is 0 Å². The number of ether oxygens (including phenoxy) is 1. The Bertz CT molecular complexity index is 1160. The van der Waals surface area contributed by atoms with E-state index in [0.29, 0.717) is 25.8 Å². The first-order valence-electron chi connectivity index (χ1n) is 18.3. The van der Waals surface area contributed by atoms with Crippen LogP contribution in [0.25, 0.3) is 0 Å². The molecule has 0 aliphatic carbocycles. The van der Waals surface area contributed by atoms with Crippen LogP contribution >= 0.6 is 0 Å². The monoisotopic (exact) mass is 687 g/mol. The molecule has 11 heteroatoms. The fourth-order valence-corrected chi connectivity index (χ4v) is 5.71. The summed E-state index contributed by atoms with van der Waals surface area (Å²) in [5.74, 6) is -2.91. The normalized spacial score (nSPS) is 13.9. The molecule has 0 aliphatic heterocycles. The van der Waals surface area contributed by atoms with E-state index in [1.54, 1.807) is 18.9 Å². The molecule has 0 aromatic heterocycles. The van der Waals surface area contributed by atoms with E-state index in [0.717, 1.165) is 24.8 Å². The fourth-order valence-electron chi connectivity index (χ4n) is 5.71. The van der Waals surface area contributed by atoms with Crippen LogP contribution in [-0.4, -0.2) is 65.5 Å². The molecule has 4 amide bonds. The van der Waals surface area contributed by atoms with Gasteiger partial charge in [0.1, 0.15) is 6.04 Å². The van der Waals surface area contributed by atoms with Gasteiger partial charge in [0.2, 0.25) is 11.8 Å². The Balaban J connectivity index is 3.31. The first kappa shape index (κ1) is 43.6. The highest BCUT2D eigenvalue weighted by molar-refractivity contribution is 5.92. The van der Waals surface area contributed by atoms with E-state index < -0.39 is 41.5 Å². The number of carbonyl (C=O) groups is 5. The first-order valence-corrected chi connectivity index (χ1v) is 18.3. The molecule has 0 bridgehead atoms. The maximum Gasteiger partial charge on any atom is 0.308 e. The van der Waals surface area contributed by atoms with Crippen LogP contribution < -0.4 is 21.4 Å². The zero-order valence-electron chi connectivity index (χ0n) is 31.7. The van der Waals surface area contributed by atoms with Crippen molar-refractivity contribution in [3.05, 3.63) is 35.9 Å². The number of carbonyl (C=O) groups excluding carboxylic acids is 5. The predicted molar refractivity (Wildman–Crippen MR) is 194 cm³/mol. The van der Waals surface area contributed by atoms with Gasteiger partial charge in [-0.1, -0.05) is 117 Å². The van der Waals surface area contributed by atoms with Crippen LogP contribution in [0.5, 0.6) is 0 Å². The van der Waals surface area contributed by atoms with E-state index >= 15 is 0 Å². The van der Waals surface area contributed by atoms with Gasteiger partial charge in [0.05, 0.1) is 0 Å². The van der Waals surface area contributed by atoms with Crippen molar-refractivity contribution in [2.24, 2.45) is 17.8 Å². The molecule has 4 N–H and O–H groups in total. The predicted octanol–water partition coefficient (Wildman–Crippen LogP) is 5.43. The van der Waals surface area contributed by atoms with Gasteiger partial charge in [-0.2, -0.15) is 0 Å². The van der Waals surface area contributed by atoms with Gasteiger partial charge >= 0.3 is 5.97 Å². The van der Waals surface area contributed by atoms with Gasteiger partial charge in [-0.05, 0) is 36.7 Å². The number of rotatable bonds is 24. The number of hydrogen-bond donors (Lipinski definition) is 4. The molecule has 11 nitrogen and oxygen atoms in total. The highest BCUT2D eigenvalue weighted by Gasteiger charge is 2.47. The molecule has 1 rings (SSSR count). The number of hydrazine groups is 1. The largest absolute Gasteiger partial charge is 0.429 e. The van der Waals surface area contributed by atoms with Crippen molar-refractivity contribution in [3.8, 4) is 0 Å². The van der Waals surface area contributed by atoms with E-state index in [1.807, 2.05) is 58.0 Å². The topological polar surface area (TPSA) is 146 Å². The Morgan fingerprint density at radius 1 is 0.796 bits per heavy atom.